The molecule has 2 aliphatic carbocycles. The highest BCUT2D eigenvalue weighted by Crippen LogP contribution is 2.48. The molecule has 76 valence electrons. The van der Waals surface area contributed by atoms with Crippen LogP contribution in [0.25, 0.3) is 0 Å². The van der Waals surface area contributed by atoms with E-state index in [1.54, 1.807) is 0 Å². The summed E-state index contributed by atoms with van der Waals surface area (Å²) in [6.45, 7) is 5.01. The molecule has 0 saturated heterocycles. The third-order valence-corrected chi connectivity index (χ3v) is 4.86. The molecule has 2 aliphatic rings. The summed E-state index contributed by atoms with van der Waals surface area (Å²) in [6.07, 6.45) is 4.33. The Morgan fingerprint density at radius 3 is 2.46 bits per heavy atom. The molecule has 2 atom stereocenters. The zero-order valence-corrected chi connectivity index (χ0v) is 10.3. The normalized spacial score (nSPS) is 35.1. The monoisotopic (exact) mass is 245 g/mol. The Balaban J connectivity index is 1.69. The van der Waals surface area contributed by atoms with Crippen LogP contribution in [0.15, 0.2) is 0 Å². The molecule has 2 heteroatoms. The van der Waals surface area contributed by atoms with E-state index in [0.29, 0.717) is 5.41 Å². The Morgan fingerprint density at radius 1 is 1.46 bits per heavy atom. The lowest BCUT2D eigenvalue weighted by molar-refractivity contribution is 0.265. The van der Waals surface area contributed by atoms with E-state index in [2.05, 4.69) is 34.8 Å². The van der Waals surface area contributed by atoms with Crippen molar-refractivity contribution in [3.8, 4) is 0 Å². The lowest BCUT2D eigenvalue weighted by Crippen LogP contribution is -2.29. The van der Waals surface area contributed by atoms with Gasteiger partial charge < -0.3 is 4.90 Å². The first-order valence-corrected chi connectivity index (χ1v) is 6.52. The summed E-state index contributed by atoms with van der Waals surface area (Å²) >= 11 is 3.63. The van der Waals surface area contributed by atoms with Crippen molar-refractivity contribution in [1.29, 1.82) is 0 Å². The lowest BCUT2D eigenvalue weighted by Gasteiger charge is -2.22. The van der Waals surface area contributed by atoms with Crippen molar-refractivity contribution in [2.24, 2.45) is 17.3 Å². The first-order valence-electron chi connectivity index (χ1n) is 5.40. The maximum atomic E-state index is 3.63. The fourth-order valence-electron chi connectivity index (χ4n) is 2.20. The SMILES string of the molecule is CC1CC1CN(C)CC1(CBr)CC1. The van der Waals surface area contributed by atoms with Crippen LogP contribution >= 0.6 is 15.9 Å². The summed E-state index contributed by atoms with van der Waals surface area (Å²) in [5.74, 6) is 2.01. The van der Waals surface area contributed by atoms with Crippen molar-refractivity contribution < 1.29 is 0 Å². The van der Waals surface area contributed by atoms with Gasteiger partial charge in [-0.2, -0.15) is 0 Å². The minimum absolute atomic E-state index is 0.660. The summed E-state index contributed by atoms with van der Waals surface area (Å²) in [4.78, 5) is 2.54. The van der Waals surface area contributed by atoms with E-state index in [0.717, 1.165) is 11.8 Å². The number of hydrogen-bond donors (Lipinski definition) is 0. The summed E-state index contributed by atoms with van der Waals surface area (Å²) < 4.78 is 0. The lowest BCUT2D eigenvalue weighted by atomic mass is 10.1. The van der Waals surface area contributed by atoms with Crippen LogP contribution in [-0.2, 0) is 0 Å². The van der Waals surface area contributed by atoms with Gasteiger partial charge in [-0.3, -0.25) is 0 Å². The first kappa shape index (κ1) is 9.97. The van der Waals surface area contributed by atoms with E-state index in [1.807, 2.05) is 0 Å². The number of hydrogen-bond acceptors (Lipinski definition) is 1. The molecule has 0 radical (unpaired) electrons. The van der Waals surface area contributed by atoms with Gasteiger partial charge in [0.15, 0.2) is 0 Å². The molecule has 0 bridgehead atoms. The molecule has 1 nitrogen and oxygen atoms in total. The van der Waals surface area contributed by atoms with Crippen LogP contribution in [0.4, 0.5) is 0 Å². The minimum Gasteiger partial charge on any atom is -0.306 e. The molecular formula is C11H20BrN. The predicted molar refractivity (Wildman–Crippen MR) is 60.2 cm³/mol. The van der Waals surface area contributed by atoms with Crippen molar-refractivity contribution >= 4 is 15.9 Å². The van der Waals surface area contributed by atoms with Gasteiger partial charge in [0, 0.05) is 18.4 Å². The van der Waals surface area contributed by atoms with E-state index >= 15 is 0 Å². The fraction of sp³-hybridized carbons (Fsp3) is 1.00. The van der Waals surface area contributed by atoms with Crippen LogP contribution in [0.5, 0.6) is 0 Å². The molecular weight excluding hydrogens is 226 g/mol. The fourth-order valence-corrected chi connectivity index (χ4v) is 2.94. The van der Waals surface area contributed by atoms with Gasteiger partial charge in [-0.15, -0.1) is 0 Å². The Kier molecular flexibility index (Phi) is 2.72. The summed E-state index contributed by atoms with van der Waals surface area (Å²) in [5, 5.41) is 1.20. The molecule has 2 rings (SSSR count). The van der Waals surface area contributed by atoms with Crippen LogP contribution in [0.1, 0.15) is 26.2 Å². The van der Waals surface area contributed by atoms with Gasteiger partial charge in [-0.05, 0) is 43.6 Å². The highest BCUT2D eigenvalue weighted by molar-refractivity contribution is 9.09. The molecule has 2 unspecified atom stereocenters. The number of halogens is 1. The van der Waals surface area contributed by atoms with Gasteiger partial charge >= 0.3 is 0 Å². The largest absolute Gasteiger partial charge is 0.306 e. The van der Waals surface area contributed by atoms with E-state index in [9.17, 15) is 0 Å². The van der Waals surface area contributed by atoms with E-state index < -0.39 is 0 Å². The molecule has 0 aliphatic heterocycles. The van der Waals surface area contributed by atoms with Gasteiger partial charge in [0.05, 0.1) is 0 Å². The molecule has 0 aromatic carbocycles. The van der Waals surface area contributed by atoms with Crippen molar-refractivity contribution in [3.05, 3.63) is 0 Å². The molecule has 0 N–H and O–H groups in total. The quantitative estimate of drug-likeness (QED) is 0.674. The Bertz CT molecular complexity index is 189. The van der Waals surface area contributed by atoms with Crippen molar-refractivity contribution in [2.45, 2.75) is 26.2 Å². The third kappa shape index (κ3) is 2.47. The summed E-state index contributed by atoms with van der Waals surface area (Å²) in [6, 6.07) is 0. The molecule has 0 aromatic heterocycles. The molecule has 13 heavy (non-hydrogen) atoms. The van der Waals surface area contributed by atoms with Crippen LogP contribution in [0, 0.1) is 17.3 Å². The Labute approximate surface area is 90.0 Å². The summed E-state index contributed by atoms with van der Waals surface area (Å²) in [7, 11) is 2.29. The van der Waals surface area contributed by atoms with Crippen molar-refractivity contribution in [3.63, 3.8) is 0 Å². The average Bonchev–Trinajstić information content (AvgIpc) is 2.95. The van der Waals surface area contributed by atoms with Gasteiger partial charge in [-0.25, -0.2) is 0 Å². The van der Waals surface area contributed by atoms with Gasteiger partial charge in [0.1, 0.15) is 0 Å². The second-order valence-electron chi connectivity index (χ2n) is 5.30. The van der Waals surface area contributed by atoms with Crippen LogP contribution in [0.2, 0.25) is 0 Å². The Hall–Kier alpha value is 0.440. The van der Waals surface area contributed by atoms with Crippen LogP contribution in [0.3, 0.4) is 0 Å². The van der Waals surface area contributed by atoms with Gasteiger partial charge in [0.2, 0.25) is 0 Å². The van der Waals surface area contributed by atoms with Crippen LogP contribution < -0.4 is 0 Å². The topological polar surface area (TPSA) is 3.24 Å². The summed E-state index contributed by atoms with van der Waals surface area (Å²) in [5.41, 5.74) is 0.660. The second kappa shape index (κ2) is 3.54. The second-order valence-corrected chi connectivity index (χ2v) is 5.86. The molecule has 0 spiro atoms. The minimum atomic E-state index is 0.660. The smallest absolute Gasteiger partial charge is 0.0100 e. The molecule has 0 amide bonds. The zero-order chi connectivity index (χ0) is 9.47. The highest BCUT2D eigenvalue weighted by Gasteiger charge is 2.43. The number of rotatable bonds is 5. The average molecular weight is 246 g/mol. The molecule has 2 fully saturated rings. The van der Waals surface area contributed by atoms with Crippen molar-refractivity contribution in [1.82, 2.24) is 4.90 Å². The molecule has 0 heterocycles. The standard InChI is InChI=1S/C11H20BrN/c1-9-5-10(9)6-13(2)8-11(7-12)3-4-11/h9-10H,3-8H2,1-2H3. The first-order chi connectivity index (χ1) is 6.15. The maximum Gasteiger partial charge on any atom is 0.0100 e. The maximum absolute atomic E-state index is 3.63. The van der Waals surface area contributed by atoms with Crippen molar-refractivity contribution in [2.75, 3.05) is 25.5 Å². The van der Waals surface area contributed by atoms with Gasteiger partial charge in [0.25, 0.3) is 0 Å². The van der Waals surface area contributed by atoms with E-state index in [4.69, 9.17) is 0 Å². The third-order valence-electron chi connectivity index (χ3n) is 3.67. The predicted octanol–water partition coefficient (Wildman–Crippen LogP) is 2.75. The number of alkyl halides is 1. The van der Waals surface area contributed by atoms with E-state index in [-0.39, 0.29) is 0 Å². The molecule has 2 saturated carbocycles. The molecule has 0 aromatic rings. The van der Waals surface area contributed by atoms with Crippen LogP contribution in [-0.4, -0.2) is 30.4 Å². The Morgan fingerprint density at radius 2 is 2.08 bits per heavy atom. The van der Waals surface area contributed by atoms with E-state index in [1.165, 1.54) is 37.7 Å². The zero-order valence-electron chi connectivity index (χ0n) is 8.72. The highest BCUT2D eigenvalue weighted by atomic mass is 79.9. The number of nitrogens with zero attached hydrogens (tertiary/aromatic N) is 1. The van der Waals surface area contributed by atoms with Gasteiger partial charge in [-0.1, -0.05) is 22.9 Å².